The first kappa shape index (κ1) is 12.6. The Hall–Kier alpha value is -1.88. The maximum Gasteiger partial charge on any atom is 0.325 e. The third-order valence-corrected chi connectivity index (χ3v) is 2.96. The van der Waals surface area contributed by atoms with E-state index in [1.165, 1.54) is 6.92 Å². The number of aliphatic carboxylic acids is 1. The maximum atomic E-state index is 12.0. The second-order valence-corrected chi connectivity index (χ2v) is 4.27. The van der Waals surface area contributed by atoms with Crippen LogP contribution >= 0.6 is 0 Å². The van der Waals surface area contributed by atoms with Gasteiger partial charge in [0.15, 0.2) is 6.10 Å². The first-order chi connectivity index (χ1) is 8.59. The normalized spacial score (nSPS) is 19.7. The highest BCUT2D eigenvalue weighted by Crippen LogP contribution is 2.26. The lowest BCUT2D eigenvalue weighted by Crippen LogP contribution is -2.42. The highest BCUT2D eigenvalue weighted by molar-refractivity contribution is 5.87. The van der Waals surface area contributed by atoms with Crippen molar-refractivity contribution in [3.8, 4) is 0 Å². The average molecular weight is 249 g/mol. The van der Waals surface area contributed by atoms with E-state index in [-0.39, 0.29) is 0 Å². The number of ether oxygens (including phenoxy) is 1. The fraction of sp³-hybridized carbons (Fsp3) is 0.385. The van der Waals surface area contributed by atoms with Gasteiger partial charge < -0.3 is 15.2 Å². The number of carboxylic acids is 1. The Morgan fingerprint density at radius 3 is 2.89 bits per heavy atom. The van der Waals surface area contributed by atoms with Gasteiger partial charge in [0, 0.05) is 0 Å². The van der Waals surface area contributed by atoms with Crippen molar-refractivity contribution in [2.75, 3.05) is 6.61 Å². The smallest absolute Gasteiger partial charge is 0.325 e. The molecule has 0 saturated heterocycles. The van der Waals surface area contributed by atoms with Crippen LogP contribution in [0, 0.1) is 0 Å². The molecular formula is C13H15NO4. The van der Waals surface area contributed by atoms with Crippen LogP contribution in [0.4, 0.5) is 0 Å². The molecule has 96 valence electrons. The van der Waals surface area contributed by atoms with Crippen LogP contribution in [0.15, 0.2) is 24.3 Å². The van der Waals surface area contributed by atoms with Gasteiger partial charge in [-0.15, -0.1) is 0 Å². The minimum atomic E-state index is -1.06. The van der Waals surface area contributed by atoms with Crippen molar-refractivity contribution >= 4 is 11.9 Å². The largest absolute Gasteiger partial charge is 0.480 e. The molecule has 0 fully saturated rings. The highest BCUT2D eigenvalue weighted by atomic mass is 16.5. The highest BCUT2D eigenvalue weighted by Gasteiger charge is 2.28. The van der Waals surface area contributed by atoms with Crippen LogP contribution in [0.1, 0.15) is 24.2 Å². The maximum absolute atomic E-state index is 12.0. The van der Waals surface area contributed by atoms with Crippen molar-refractivity contribution < 1.29 is 19.4 Å². The molecule has 1 amide bonds. The van der Waals surface area contributed by atoms with E-state index in [9.17, 15) is 9.59 Å². The topological polar surface area (TPSA) is 75.6 Å². The predicted molar refractivity (Wildman–Crippen MR) is 64.1 cm³/mol. The van der Waals surface area contributed by atoms with Crippen LogP contribution in [-0.2, 0) is 20.7 Å². The monoisotopic (exact) mass is 249 g/mol. The van der Waals surface area contributed by atoms with Gasteiger partial charge in [-0.05, 0) is 24.5 Å². The Balaban J connectivity index is 2.15. The summed E-state index contributed by atoms with van der Waals surface area (Å²) in [5, 5.41) is 11.2. The molecule has 2 atom stereocenters. The molecule has 5 heteroatoms. The molecule has 1 unspecified atom stereocenters. The zero-order valence-electron chi connectivity index (χ0n) is 10.1. The number of hydrogen-bond donors (Lipinski definition) is 2. The van der Waals surface area contributed by atoms with Gasteiger partial charge in [0.25, 0.3) is 5.91 Å². The summed E-state index contributed by atoms with van der Waals surface area (Å²) in [7, 11) is 0. The zero-order chi connectivity index (χ0) is 13.1. The Morgan fingerprint density at radius 2 is 2.17 bits per heavy atom. The van der Waals surface area contributed by atoms with E-state index >= 15 is 0 Å². The van der Waals surface area contributed by atoms with E-state index < -0.39 is 24.0 Å². The Labute approximate surface area is 105 Å². The van der Waals surface area contributed by atoms with Crippen molar-refractivity contribution in [2.45, 2.75) is 25.5 Å². The molecule has 1 aliphatic rings. The third-order valence-electron chi connectivity index (χ3n) is 2.96. The molecule has 0 bridgehead atoms. The van der Waals surface area contributed by atoms with E-state index in [4.69, 9.17) is 9.84 Å². The summed E-state index contributed by atoms with van der Waals surface area (Å²) in [5.74, 6) is -1.47. The van der Waals surface area contributed by atoms with Crippen molar-refractivity contribution in [3.63, 3.8) is 0 Å². The van der Waals surface area contributed by atoms with Crippen LogP contribution < -0.4 is 5.32 Å². The van der Waals surface area contributed by atoms with Crippen LogP contribution in [0.25, 0.3) is 0 Å². The van der Waals surface area contributed by atoms with Crippen molar-refractivity contribution in [1.82, 2.24) is 5.32 Å². The molecule has 0 aliphatic carbocycles. The van der Waals surface area contributed by atoms with Gasteiger partial charge in [-0.2, -0.15) is 0 Å². The summed E-state index contributed by atoms with van der Waals surface area (Å²) in [6.45, 7) is 1.89. The minimum Gasteiger partial charge on any atom is -0.480 e. The number of carboxylic acid groups (broad SMARTS) is 1. The molecule has 18 heavy (non-hydrogen) atoms. The molecule has 1 aliphatic heterocycles. The molecule has 0 aromatic heterocycles. The molecule has 1 heterocycles. The molecule has 0 spiro atoms. The third kappa shape index (κ3) is 2.51. The lowest BCUT2D eigenvalue weighted by atomic mass is 9.97. The average Bonchev–Trinajstić information content (AvgIpc) is 2.37. The Bertz CT molecular complexity index is 472. The fourth-order valence-electron chi connectivity index (χ4n) is 1.96. The second kappa shape index (κ2) is 5.18. The predicted octanol–water partition coefficient (Wildman–Crippen LogP) is 0.890. The summed E-state index contributed by atoms with van der Waals surface area (Å²) >= 11 is 0. The summed E-state index contributed by atoms with van der Waals surface area (Å²) < 4.78 is 5.44. The number of amides is 1. The Morgan fingerprint density at radius 1 is 1.44 bits per heavy atom. The standard InChI is InChI=1S/C13H15NO4/c1-8(13(16)17)14-12(15)11-10-5-3-2-4-9(10)6-7-18-11/h2-5,8,11H,6-7H2,1H3,(H,14,15)(H,16,17)/t8-,11?/m1/s1. The van der Waals surface area contributed by atoms with Gasteiger partial charge in [0.1, 0.15) is 6.04 Å². The second-order valence-electron chi connectivity index (χ2n) is 4.27. The molecule has 0 radical (unpaired) electrons. The number of rotatable bonds is 3. The molecule has 5 nitrogen and oxygen atoms in total. The van der Waals surface area contributed by atoms with Crippen LogP contribution in [-0.4, -0.2) is 29.6 Å². The Kier molecular flexibility index (Phi) is 3.62. The van der Waals surface area contributed by atoms with E-state index in [1.54, 1.807) is 0 Å². The van der Waals surface area contributed by atoms with E-state index in [2.05, 4.69) is 5.32 Å². The van der Waals surface area contributed by atoms with E-state index in [1.807, 2.05) is 24.3 Å². The molecular weight excluding hydrogens is 234 g/mol. The number of carbonyl (C=O) groups excluding carboxylic acids is 1. The molecule has 0 saturated carbocycles. The number of carbonyl (C=O) groups is 2. The number of hydrogen-bond acceptors (Lipinski definition) is 3. The number of fused-ring (bicyclic) bond motifs is 1. The van der Waals surface area contributed by atoms with Crippen molar-refractivity contribution in [3.05, 3.63) is 35.4 Å². The van der Waals surface area contributed by atoms with Crippen LogP contribution in [0.2, 0.25) is 0 Å². The van der Waals surface area contributed by atoms with Crippen molar-refractivity contribution in [1.29, 1.82) is 0 Å². The minimum absolute atomic E-state index is 0.406. The van der Waals surface area contributed by atoms with Crippen LogP contribution in [0.5, 0.6) is 0 Å². The summed E-state index contributed by atoms with van der Waals surface area (Å²) in [4.78, 5) is 22.7. The van der Waals surface area contributed by atoms with Crippen LogP contribution in [0.3, 0.4) is 0 Å². The van der Waals surface area contributed by atoms with Gasteiger partial charge in [-0.25, -0.2) is 0 Å². The summed E-state index contributed by atoms with van der Waals surface area (Å²) in [5.41, 5.74) is 1.89. The lowest BCUT2D eigenvalue weighted by Gasteiger charge is -2.25. The number of nitrogens with one attached hydrogen (secondary N) is 1. The van der Waals surface area contributed by atoms with Gasteiger partial charge in [-0.3, -0.25) is 9.59 Å². The van der Waals surface area contributed by atoms with Gasteiger partial charge in [0.05, 0.1) is 6.61 Å². The number of benzene rings is 1. The SMILES string of the molecule is C[C@@H](NC(=O)C1OCCc2ccccc21)C(=O)O. The van der Waals surface area contributed by atoms with Gasteiger partial charge >= 0.3 is 5.97 Å². The molecule has 2 N–H and O–H groups in total. The van der Waals surface area contributed by atoms with Gasteiger partial charge in [-0.1, -0.05) is 24.3 Å². The molecule has 2 rings (SSSR count). The molecule has 1 aromatic carbocycles. The quantitative estimate of drug-likeness (QED) is 0.834. The first-order valence-corrected chi connectivity index (χ1v) is 5.82. The summed E-state index contributed by atoms with van der Waals surface area (Å²) in [6, 6.07) is 6.63. The lowest BCUT2D eigenvalue weighted by molar-refractivity contribution is -0.144. The zero-order valence-corrected chi connectivity index (χ0v) is 10.1. The fourth-order valence-corrected chi connectivity index (χ4v) is 1.96. The van der Waals surface area contributed by atoms with Gasteiger partial charge in [0.2, 0.25) is 0 Å². The summed E-state index contributed by atoms with van der Waals surface area (Å²) in [6.07, 6.45) is 0.0609. The molecule has 1 aromatic rings. The first-order valence-electron chi connectivity index (χ1n) is 5.82. The van der Waals surface area contributed by atoms with E-state index in [0.29, 0.717) is 6.61 Å². The van der Waals surface area contributed by atoms with E-state index in [0.717, 1.165) is 17.5 Å². The van der Waals surface area contributed by atoms with Crippen molar-refractivity contribution in [2.24, 2.45) is 0 Å².